The Bertz CT molecular complexity index is 606. The molecule has 1 aromatic rings. The molecule has 2 rings (SSSR count). The summed E-state index contributed by atoms with van der Waals surface area (Å²) in [6, 6.07) is 1.69. The molecule has 0 aliphatic carbocycles. The number of aliphatic carboxylic acids is 1. The summed E-state index contributed by atoms with van der Waals surface area (Å²) < 4.78 is 37.3. The molecule has 1 saturated heterocycles. The highest BCUT2D eigenvalue weighted by Gasteiger charge is 2.35. The summed E-state index contributed by atoms with van der Waals surface area (Å²) in [6.45, 7) is -0.869. The lowest BCUT2D eigenvalue weighted by Crippen LogP contribution is -2.40. The van der Waals surface area contributed by atoms with Gasteiger partial charge in [0.1, 0.15) is 18.3 Å². The number of carboxylic acids is 1. The summed E-state index contributed by atoms with van der Waals surface area (Å²) in [4.78, 5) is 29.5. The predicted molar refractivity (Wildman–Crippen MR) is 75.3 cm³/mol. The number of alkyl halides is 3. The van der Waals surface area contributed by atoms with E-state index in [2.05, 4.69) is 4.98 Å². The number of hydrogen-bond donors (Lipinski definition) is 1. The fourth-order valence-electron chi connectivity index (χ4n) is 2.55. The molecule has 0 saturated carbocycles. The molecule has 23 heavy (non-hydrogen) atoms. The van der Waals surface area contributed by atoms with E-state index >= 15 is 0 Å². The summed E-state index contributed by atoms with van der Waals surface area (Å²) in [5, 5.41) is 9.10. The summed E-state index contributed by atoms with van der Waals surface area (Å²) in [6.07, 6.45) is -2.21. The summed E-state index contributed by atoms with van der Waals surface area (Å²) >= 11 is 0. The van der Waals surface area contributed by atoms with Gasteiger partial charge in [-0.3, -0.25) is 9.78 Å². The van der Waals surface area contributed by atoms with Gasteiger partial charge in [0.05, 0.1) is 0 Å². The molecule has 126 valence electrons. The van der Waals surface area contributed by atoms with Crippen LogP contribution in [0.1, 0.15) is 23.3 Å². The van der Waals surface area contributed by atoms with Crippen LogP contribution >= 0.6 is 0 Å². The molecule has 1 aromatic heterocycles. The van der Waals surface area contributed by atoms with Crippen LogP contribution in [0.5, 0.6) is 0 Å². The van der Waals surface area contributed by atoms with Crippen molar-refractivity contribution >= 4 is 17.6 Å². The first-order valence-corrected chi connectivity index (χ1v) is 6.97. The Hall–Kier alpha value is -2.32. The molecule has 6 nitrogen and oxygen atoms in total. The summed E-state index contributed by atoms with van der Waals surface area (Å²) in [7, 11) is 1.26. The number of halogens is 3. The molecule has 0 unspecified atom stereocenters. The lowest BCUT2D eigenvalue weighted by atomic mass is 10.2. The average Bonchev–Trinajstić information content (AvgIpc) is 2.94. The van der Waals surface area contributed by atoms with E-state index in [9.17, 15) is 22.8 Å². The lowest BCUT2D eigenvalue weighted by Gasteiger charge is -2.23. The minimum Gasteiger partial charge on any atom is -0.480 e. The largest absolute Gasteiger partial charge is 0.480 e. The van der Waals surface area contributed by atoms with Crippen molar-refractivity contribution in [3.8, 4) is 0 Å². The second kappa shape index (κ2) is 6.43. The van der Waals surface area contributed by atoms with Crippen LogP contribution in [0.3, 0.4) is 0 Å². The van der Waals surface area contributed by atoms with Crippen molar-refractivity contribution in [2.45, 2.75) is 25.1 Å². The Kier molecular flexibility index (Phi) is 4.76. The molecule has 0 spiro atoms. The molecule has 1 aliphatic rings. The van der Waals surface area contributed by atoms with E-state index in [1.807, 2.05) is 0 Å². The first kappa shape index (κ1) is 17.0. The number of anilines is 1. The first-order valence-electron chi connectivity index (χ1n) is 6.97. The van der Waals surface area contributed by atoms with E-state index < -0.39 is 30.6 Å². The van der Waals surface area contributed by atoms with Crippen LogP contribution in [0.25, 0.3) is 0 Å². The summed E-state index contributed by atoms with van der Waals surface area (Å²) in [5.74, 6) is -1.68. The van der Waals surface area contributed by atoms with Gasteiger partial charge < -0.3 is 14.9 Å². The number of likely N-dealkylation sites (tertiary alicyclic amines) is 1. The number of carboxylic acid groups (broad SMARTS) is 1. The molecule has 0 aromatic carbocycles. The van der Waals surface area contributed by atoms with Crippen molar-refractivity contribution in [3.63, 3.8) is 0 Å². The number of rotatable bonds is 4. The monoisotopic (exact) mass is 331 g/mol. The van der Waals surface area contributed by atoms with Crippen LogP contribution in [0.4, 0.5) is 18.9 Å². The first-order chi connectivity index (χ1) is 10.7. The van der Waals surface area contributed by atoms with E-state index in [1.54, 1.807) is 0 Å². The molecule has 0 radical (unpaired) electrons. The fourth-order valence-corrected chi connectivity index (χ4v) is 2.55. The van der Waals surface area contributed by atoms with Crippen molar-refractivity contribution in [3.05, 3.63) is 24.0 Å². The second-order valence-corrected chi connectivity index (χ2v) is 5.37. The quantitative estimate of drug-likeness (QED) is 0.910. The molecule has 2 heterocycles. The van der Waals surface area contributed by atoms with Crippen LogP contribution < -0.4 is 4.90 Å². The van der Waals surface area contributed by atoms with Gasteiger partial charge in [-0.05, 0) is 25.0 Å². The predicted octanol–water partition coefficient (Wildman–Crippen LogP) is 1.77. The van der Waals surface area contributed by atoms with Gasteiger partial charge in [0, 0.05) is 25.5 Å². The number of carbonyl (C=O) groups excluding carboxylic acids is 1. The van der Waals surface area contributed by atoms with Crippen molar-refractivity contribution in [1.29, 1.82) is 0 Å². The smallest absolute Gasteiger partial charge is 0.405 e. The molecule has 9 heteroatoms. The Morgan fingerprint density at radius 3 is 2.78 bits per heavy atom. The fraction of sp³-hybridized carbons (Fsp3) is 0.500. The van der Waals surface area contributed by atoms with Gasteiger partial charge in [-0.2, -0.15) is 13.2 Å². The van der Waals surface area contributed by atoms with Gasteiger partial charge in [-0.25, -0.2) is 4.79 Å². The molecule has 1 atom stereocenters. The number of nitrogens with zero attached hydrogens (tertiary/aromatic N) is 3. The number of aromatic nitrogens is 1. The van der Waals surface area contributed by atoms with Gasteiger partial charge in [0.25, 0.3) is 5.91 Å². The van der Waals surface area contributed by atoms with Crippen LogP contribution in [-0.2, 0) is 4.79 Å². The number of pyridine rings is 1. The number of carbonyl (C=O) groups is 2. The van der Waals surface area contributed by atoms with Crippen molar-refractivity contribution < 1.29 is 27.9 Å². The third kappa shape index (κ3) is 4.11. The highest BCUT2D eigenvalue weighted by Crippen LogP contribution is 2.23. The molecule has 1 amide bonds. The van der Waals surface area contributed by atoms with Gasteiger partial charge >= 0.3 is 12.1 Å². The normalized spacial score (nSPS) is 18.1. The molecule has 0 bridgehead atoms. The zero-order valence-corrected chi connectivity index (χ0v) is 12.4. The van der Waals surface area contributed by atoms with Crippen LogP contribution in [-0.4, -0.2) is 59.2 Å². The van der Waals surface area contributed by atoms with E-state index in [4.69, 9.17) is 5.11 Å². The van der Waals surface area contributed by atoms with Crippen molar-refractivity contribution in [1.82, 2.24) is 9.88 Å². The minimum atomic E-state index is -4.37. The van der Waals surface area contributed by atoms with E-state index in [1.165, 1.54) is 30.3 Å². The Morgan fingerprint density at radius 2 is 2.17 bits per heavy atom. The third-order valence-electron chi connectivity index (χ3n) is 3.62. The lowest BCUT2D eigenvalue weighted by molar-refractivity contribution is -0.141. The highest BCUT2D eigenvalue weighted by atomic mass is 19.4. The van der Waals surface area contributed by atoms with Gasteiger partial charge in [-0.15, -0.1) is 0 Å². The van der Waals surface area contributed by atoms with Crippen LogP contribution in [0.2, 0.25) is 0 Å². The minimum absolute atomic E-state index is 0.0651. The number of hydrogen-bond acceptors (Lipinski definition) is 4. The topological polar surface area (TPSA) is 73.7 Å². The standard InChI is InChI=1S/C14H16F3N3O3/c1-19(8-14(15,16)17)9-4-5-18-10(7-9)12(21)20-6-2-3-11(20)13(22)23/h4-5,7,11H,2-3,6,8H2,1H3,(H,22,23)/t11-/m0/s1. The second-order valence-electron chi connectivity index (χ2n) is 5.37. The average molecular weight is 331 g/mol. The molecular formula is C14H16F3N3O3. The van der Waals surface area contributed by atoms with E-state index in [0.717, 1.165) is 4.90 Å². The van der Waals surface area contributed by atoms with E-state index in [-0.39, 0.29) is 11.4 Å². The van der Waals surface area contributed by atoms with Gasteiger partial charge in [-0.1, -0.05) is 0 Å². The molecule has 1 N–H and O–H groups in total. The highest BCUT2D eigenvalue weighted by molar-refractivity contribution is 5.96. The Labute approximate surface area is 130 Å². The van der Waals surface area contributed by atoms with Crippen molar-refractivity contribution in [2.24, 2.45) is 0 Å². The maximum absolute atomic E-state index is 12.4. The summed E-state index contributed by atoms with van der Waals surface area (Å²) in [5.41, 5.74) is 0.122. The maximum Gasteiger partial charge on any atom is 0.405 e. The molecular weight excluding hydrogens is 315 g/mol. The maximum atomic E-state index is 12.4. The Morgan fingerprint density at radius 1 is 1.48 bits per heavy atom. The zero-order valence-electron chi connectivity index (χ0n) is 12.4. The molecule has 1 fully saturated rings. The third-order valence-corrected chi connectivity index (χ3v) is 3.62. The van der Waals surface area contributed by atoms with Crippen molar-refractivity contribution in [2.75, 3.05) is 25.0 Å². The number of amides is 1. The van der Waals surface area contributed by atoms with Gasteiger partial charge in [0.15, 0.2) is 0 Å². The van der Waals surface area contributed by atoms with Crippen LogP contribution in [0, 0.1) is 0 Å². The zero-order chi connectivity index (χ0) is 17.2. The van der Waals surface area contributed by atoms with Crippen LogP contribution in [0.15, 0.2) is 18.3 Å². The van der Waals surface area contributed by atoms with Gasteiger partial charge in [0.2, 0.25) is 0 Å². The Balaban J connectivity index is 2.19. The molecule has 1 aliphatic heterocycles. The van der Waals surface area contributed by atoms with E-state index in [0.29, 0.717) is 19.4 Å². The SMILES string of the molecule is CN(CC(F)(F)F)c1ccnc(C(=O)N2CCC[C@H]2C(=O)O)c1.